The van der Waals surface area contributed by atoms with Gasteiger partial charge >= 0.3 is 0 Å². The number of hydrogen-bond donors (Lipinski definition) is 0. The second-order valence-electron chi connectivity index (χ2n) is 2.35. The third-order valence-corrected chi connectivity index (χ3v) is 1.91. The maximum atomic E-state index is 7.82. The van der Waals surface area contributed by atoms with Crippen molar-refractivity contribution in [1.82, 2.24) is 4.98 Å². The van der Waals surface area contributed by atoms with Crippen molar-refractivity contribution in [3.8, 4) is 11.3 Å². The Kier molecular flexibility index (Phi) is 1.25. The Labute approximate surface area is 92.6 Å². The lowest BCUT2D eigenvalue weighted by Gasteiger charge is -1.99. The molecule has 0 aliphatic carbocycles. The van der Waals surface area contributed by atoms with Gasteiger partial charge in [-0.05, 0) is 28.1 Å². The second-order valence-corrected chi connectivity index (χ2v) is 3.16. The lowest BCUT2D eigenvalue weighted by atomic mass is 10.1. The molecule has 1 heterocycles. The van der Waals surface area contributed by atoms with Crippen LogP contribution in [-0.4, -0.2) is 4.98 Å². The first kappa shape index (κ1) is 4.38. The zero-order chi connectivity index (χ0) is 13.4. The van der Waals surface area contributed by atoms with Crippen LogP contribution in [0, 0.1) is 0 Å². The molecule has 2 heteroatoms. The summed E-state index contributed by atoms with van der Waals surface area (Å²) in [5.41, 5.74) is 0.462. The summed E-state index contributed by atoms with van der Waals surface area (Å²) in [5.74, 6) is 0. The maximum absolute atomic E-state index is 7.82. The molecule has 0 N–H and O–H groups in total. The lowest BCUT2D eigenvalue weighted by Crippen LogP contribution is -1.82. The molecule has 1 aromatic heterocycles. The molecule has 0 bridgehead atoms. The van der Waals surface area contributed by atoms with Gasteiger partial charge in [-0.15, -0.1) is 0 Å². The molecule has 0 aliphatic rings. The van der Waals surface area contributed by atoms with Gasteiger partial charge in [-0.25, -0.2) is 4.98 Å². The zero-order valence-corrected chi connectivity index (χ0v) is 8.14. The molecule has 0 spiro atoms. The molecule has 0 amide bonds. The van der Waals surface area contributed by atoms with Gasteiger partial charge < -0.3 is 0 Å². The molecule has 1 aromatic carbocycles. The van der Waals surface area contributed by atoms with Crippen LogP contribution in [0.15, 0.2) is 53.0 Å². The van der Waals surface area contributed by atoms with Crippen LogP contribution in [0.4, 0.5) is 0 Å². The third-order valence-electron chi connectivity index (χ3n) is 1.47. The van der Waals surface area contributed by atoms with E-state index in [1.807, 2.05) is 0 Å². The van der Waals surface area contributed by atoms with Crippen LogP contribution in [0.5, 0.6) is 0 Å². The average Bonchev–Trinajstić information content (AvgIpc) is 2.34. The average molecular weight is 239 g/mol. The first-order valence-electron chi connectivity index (χ1n) is 6.13. The monoisotopic (exact) mass is 238 g/mol. The summed E-state index contributed by atoms with van der Waals surface area (Å²) in [6, 6.07) is 3.42. The highest BCUT2D eigenvalue weighted by molar-refractivity contribution is 9.10. The van der Waals surface area contributed by atoms with Gasteiger partial charge in [-0.2, -0.15) is 0 Å². The molecule has 0 aliphatic heterocycles. The molecule has 0 unspecified atom stereocenters. The van der Waals surface area contributed by atoms with E-state index in [0.29, 0.717) is 10.3 Å². The van der Waals surface area contributed by atoms with Crippen molar-refractivity contribution < 1.29 is 6.85 Å². The highest BCUT2D eigenvalue weighted by Gasteiger charge is 1.97. The molecule has 64 valence electrons. The summed E-state index contributed by atoms with van der Waals surface area (Å²) < 4.78 is 38.9. The van der Waals surface area contributed by atoms with Crippen LogP contribution in [0.3, 0.4) is 0 Å². The molecule has 0 saturated carbocycles. The number of pyridine rings is 1. The number of benzene rings is 1. The first-order chi connectivity index (χ1) is 8.43. The van der Waals surface area contributed by atoms with Gasteiger partial charge in [0.1, 0.15) is 4.60 Å². The van der Waals surface area contributed by atoms with Crippen molar-refractivity contribution in [3.05, 3.63) is 53.0 Å². The van der Waals surface area contributed by atoms with E-state index in [1.165, 1.54) is 0 Å². The minimum absolute atomic E-state index is 0.113. The zero-order valence-electron chi connectivity index (χ0n) is 11.6. The van der Waals surface area contributed by atoms with Gasteiger partial charge in [0.15, 0.2) is 0 Å². The van der Waals surface area contributed by atoms with Gasteiger partial charge in [0, 0.05) is 5.56 Å². The fraction of sp³-hybridized carbons (Fsp3) is 0. The van der Waals surface area contributed by atoms with Gasteiger partial charge in [0.2, 0.25) is 0 Å². The molecule has 2 aromatic rings. The van der Waals surface area contributed by atoms with Crippen molar-refractivity contribution in [3.63, 3.8) is 0 Å². The summed E-state index contributed by atoms with van der Waals surface area (Å²) in [6.45, 7) is 0. The van der Waals surface area contributed by atoms with Crippen LogP contribution in [0.25, 0.3) is 11.3 Å². The number of aromatic nitrogens is 1. The number of hydrogen-bond acceptors (Lipinski definition) is 1. The maximum Gasteiger partial charge on any atom is 0.106 e. The number of rotatable bonds is 1. The molecular formula is C11H8BrN. The first-order valence-corrected chi connectivity index (χ1v) is 4.42. The van der Waals surface area contributed by atoms with Crippen LogP contribution in [0.2, 0.25) is 0 Å². The highest BCUT2D eigenvalue weighted by Crippen LogP contribution is 2.18. The Balaban J connectivity index is 2.80. The highest BCUT2D eigenvalue weighted by atomic mass is 79.9. The van der Waals surface area contributed by atoms with Crippen molar-refractivity contribution in [2.75, 3.05) is 0 Å². The van der Waals surface area contributed by atoms with E-state index in [4.69, 9.17) is 6.85 Å². The van der Waals surface area contributed by atoms with Gasteiger partial charge in [-0.1, -0.05) is 36.3 Å². The minimum atomic E-state index is -0.399. The van der Waals surface area contributed by atoms with E-state index in [1.54, 1.807) is 18.2 Å². The van der Waals surface area contributed by atoms with E-state index < -0.39 is 6.04 Å². The molecule has 0 atom stereocenters. The standard InChI is InChI=1S/C11H8BrN/c12-11-8-4-7-10(13-11)9-5-2-1-3-6-9/h1-8H/i1D,2D,3D,5D,6D. The Morgan fingerprint density at radius 2 is 1.92 bits per heavy atom. The Morgan fingerprint density at radius 3 is 2.62 bits per heavy atom. The SMILES string of the molecule is [2H]c1c([2H])c([2H])c(-c2cccc(Br)n2)c([2H])c1[2H]. The van der Waals surface area contributed by atoms with Gasteiger partial charge in [-0.3, -0.25) is 0 Å². The summed E-state index contributed by atoms with van der Waals surface area (Å²) in [7, 11) is 0. The summed E-state index contributed by atoms with van der Waals surface area (Å²) in [6.07, 6.45) is 0. The van der Waals surface area contributed by atoms with Gasteiger partial charge in [0.05, 0.1) is 12.5 Å². The third kappa shape index (κ3) is 1.95. The summed E-state index contributed by atoms with van der Waals surface area (Å²) >= 11 is 3.20. The summed E-state index contributed by atoms with van der Waals surface area (Å²) in [4.78, 5) is 4.13. The van der Waals surface area contributed by atoms with Crippen LogP contribution in [-0.2, 0) is 0 Å². The smallest absolute Gasteiger partial charge is 0.106 e. The molecular weight excluding hydrogens is 226 g/mol. The Morgan fingerprint density at radius 1 is 1.15 bits per heavy atom. The fourth-order valence-corrected chi connectivity index (χ4v) is 1.27. The molecule has 1 nitrogen and oxygen atoms in total. The predicted molar refractivity (Wildman–Crippen MR) is 57.4 cm³/mol. The number of halogens is 1. The van der Waals surface area contributed by atoms with Crippen molar-refractivity contribution >= 4 is 15.9 Å². The predicted octanol–water partition coefficient (Wildman–Crippen LogP) is 3.51. The topological polar surface area (TPSA) is 12.9 Å². The van der Waals surface area contributed by atoms with Crippen molar-refractivity contribution in [2.45, 2.75) is 0 Å². The van der Waals surface area contributed by atoms with E-state index in [-0.39, 0.29) is 29.7 Å². The van der Waals surface area contributed by atoms with E-state index in [2.05, 4.69) is 20.9 Å². The number of nitrogens with zero attached hydrogens (tertiary/aromatic N) is 1. The largest absolute Gasteiger partial charge is 0.241 e. The molecule has 2 rings (SSSR count). The van der Waals surface area contributed by atoms with E-state index in [0.717, 1.165) is 0 Å². The molecule has 0 radical (unpaired) electrons. The normalized spacial score (nSPS) is 15.3. The second kappa shape index (κ2) is 3.71. The fourth-order valence-electron chi connectivity index (χ4n) is 0.926. The molecule has 0 saturated heterocycles. The molecule has 13 heavy (non-hydrogen) atoms. The van der Waals surface area contributed by atoms with E-state index >= 15 is 0 Å². The molecule has 0 fully saturated rings. The van der Waals surface area contributed by atoms with Crippen LogP contribution < -0.4 is 0 Å². The Hall–Kier alpha value is -1.15. The summed E-state index contributed by atoms with van der Waals surface area (Å²) in [5, 5.41) is 0. The van der Waals surface area contributed by atoms with Crippen molar-refractivity contribution in [1.29, 1.82) is 0 Å². The van der Waals surface area contributed by atoms with Crippen LogP contribution in [0.1, 0.15) is 6.85 Å². The van der Waals surface area contributed by atoms with Gasteiger partial charge in [0.25, 0.3) is 0 Å². The van der Waals surface area contributed by atoms with Crippen LogP contribution >= 0.6 is 15.9 Å². The van der Waals surface area contributed by atoms with Crippen molar-refractivity contribution in [2.24, 2.45) is 0 Å². The Bertz CT molecular complexity index is 600. The lowest BCUT2D eigenvalue weighted by molar-refractivity contribution is 1.28. The quantitative estimate of drug-likeness (QED) is 0.694. The minimum Gasteiger partial charge on any atom is -0.241 e. The van der Waals surface area contributed by atoms with E-state index in [9.17, 15) is 0 Å².